The summed E-state index contributed by atoms with van der Waals surface area (Å²) in [6.07, 6.45) is 1.03. The monoisotopic (exact) mass is 340 g/mol. The Bertz CT molecular complexity index is 734. The Balaban J connectivity index is 1.42. The molecular formula is C19H24N4O2. The smallest absolute Gasteiger partial charge is 0.292 e. The average molecular weight is 340 g/mol. The zero-order valence-corrected chi connectivity index (χ0v) is 14.6. The van der Waals surface area contributed by atoms with Gasteiger partial charge in [-0.25, -0.2) is 0 Å². The van der Waals surface area contributed by atoms with Crippen LogP contribution >= 0.6 is 0 Å². The molecule has 2 aromatic rings. The second-order valence-electron chi connectivity index (χ2n) is 6.92. The molecule has 3 heterocycles. The van der Waals surface area contributed by atoms with Crippen LogP contribution in [-0.4, -0.2) is 66.2 Å². The highest BCUT2D eigenvalue weighted by Crippen LogP contribution is 2.23. The number of rotatable bonds is 3. The lowest BCUT2D eigenvalue weighted by molar-refractivity contribution is 0.0732. The largest absolute Gasteiger partial charge is 0.350 e. The van der Waals surface area contributed by atoms with Crippen LogP contribution < -0.4 is 5.32 Å². The summed E-state index contributed by atoms with van der Waals surface area (Å²) in [6.45, 7) is 7.80. The maximum Gasteiger partial charge on any atom is 0.292 e. The molecule has 0 spiro atoms. The highest BCUT2D eigenvalue weighted by Gasteiger charge is 2.32. The summed E-state index contributed by atoms with van der Waals surface area (Å²) in [5, 5.41) is 7.45. The minimum absolute atomic E-state index is 0.0523. The van der Waals surface area contributed by atoms with Gasteiger partial charge in [-0.3, -0.25) is 9.69 Å². The topological polar surface area (TPSA) is 61.6 Å². The van der Waals surface area contributed by atoms with Crippen molar-refractivity contribution in [2.75, 3.05) is 39.3 Å². The Morgan fingerprint density at radius 2 is 1.96 bits per heavy atom. The van der Waals surface area contributed by atoms with Crippen LogP contribution in [0.15, 0.2) is 34.9 Å². The number of aromatic nitrogens is 1. The molecule has 2 fully saturated rings. The molecule has 2 aliphatic heterocycles. The number of nitrogens with one attached hydrogen (secondary N) is 1. The van der Waals surface area contributed by atoms with E-state index in [4.69, 9.17) is 4.52 Å². The molecule has 2 aliphatic rings. The number of hydrogen-bond acceptors (Lipinski definition) is 5. The fraction of sp³-hybridized carbons (Fsp3) is 0.474. The van der Waals surface area contributed by atoms with Gasteiger partial charge in [0.05, 0.1) is 0 Å². The normalized spacial score (nSPS) is 21.6. The maximum atomic E-state index is 12.7. The standard InChI is InChI=1S/C19H24N4O2/c1-14-2-4-15(5-3-14)17-12-18(25-21-17)19(24)23-9-6-16(13-23)22-10-7-20-8-11-22/h2-5,12,16,20H,6-11,13H2,1H3. The first kappa shape index (κ1) is 16.3. The molecule has 0 aliphatic carbocycles. The highest BCUT2D eigenvalue weighted by molar-refractivity contribution is 5.92. The van der Waals surface area contributed by atoms with Gasteiger partial charge in [-0.2, -0.15) is 0 Å². The average Bonchev–Trinajstić information content (AvgIpc) is 3.33. The van der Waals surface area contributed by atoms with Crippen molar-refractivity contribution < 1.29 is 9.32 Å². The maximum absolute atomic E-state index is 12.7. The van der Waals surface area contributed by atoms with Crippen molar-refractivity contribution in [1.29, 1.82) is 0 Å². The van der Waals surface area contributed by atoms with Crippen molar-refractivity contribution in [2.45, 2.75) is 19.4 Å². The van der Waals surface area contributed by atoms with Gasteiger partial charge in [0, 0.05) is 56.9 Å². The van der Waals surface area contributed by atoms with Crippen LogP contribution in [0.4, 0.5) is 0 Å². The Kier molecular flexibility index (Phi) is 4.55. The predicted molar refractivity (Wildman–Crippen MR) is 95.4 cm³/mol. The number of amides is 1. The lowest BCUT2D eigenvalue weighted by atomic mass is 10.1. The van der Waals surface area contributed by atoms with Gasteiger partial charge in [0.15, 0.2) is 0 Å². The van der Waals surface area contributed by atoms with Gasteiger partial charge < -0.3 is 14.7 Å². The first-order valence-electron chi connectivity index (χ1n) is 8.98. The van der Waals surface area contributed by atoms with Gasteiger partial charge in [0.2, 0.25) is 5.76 Å². The number of benzene rings is 1. The fourth-order valence-electron chi connectivity index (χ4n) is 3.66. The van der Waals surface area contributed by atoms with Crippen molar-refractivity contribution in [3.05, 3.63) is 41.7 Å². The quantitative estimate of drug-likeness (QED) is 0.923. The number of nitrogens with zero attached hydrogens (tertiary/aromatic N) is 3. The van der Waals surface area contributed by atoms with Crippen molar-refractivity contribution >= 4 is 5.91 Å². The van der Waals surface area contributed by atoms with Gasteiger partial charge in [-0.1, -0.05) is 35.0 Å². The molecule has 1 aromatic heterocycles. The van der Waals surface area contributed by atoms with Gasteiger partial charge in [-0.05, 0) is 13.3 Å². The van der Waals surface area contributed by atoms with E-state index < -0.39 is 0 Å². The van der Waals surface area contributed by atoms with Crippen molar-refractivity contribution in [3.63, 3.8) is 0 Å². The summed E-state index contributed by atoms with van der Waals surface area (Å²) >= 11 is 0. The Labute approximate surface area is 147 Å². The molecular weight excluding hydrogens is 316 g/mol. The van der Waals surface area contributed by atoms with Crippen LogP contribution in [0.2, 0.25) is 0 Å². The number of carbonyl (C=O) groups excluding carboxylic acids is 1. The minimum atomic E-state index is -0.0523. The van der Waals surface area contributed by atoms with E-state index in [0.717, 1.165) is 51.3 Å². The molecule has 1 amide bonds. The number of hydrogen-bond donors (Lipinski definition) is 1. The van der Waals surface area contributed by atoms with Crippen molar-refractivity contribution in [1.82, 2.24) is 20.3 Å². The molecule has 1 atom stereocenters. The van der Waals surface area contributed by atoms with E-state index in [1.54, 1.807) is 6.07 Å². The lowest BCUT2D eigenvalue weighted by Gasteiger charge is -2.32. The molecule has 1 unspecified atom stereocenters. The molecule has 6 heteroatoms. The third-order valence-corrected chi connectivity index (χ3v) is 5.19. The third-order valence-electron chi connectivity index (χ3n) is 5.19. The van der Waals surface area contributed by atoms with E-state index in [1.807, 2.05) is 36.1 Å². The van der Waals surface area contributed by atoms with Crippen LogP contribution in [-0.2, 0) is 0 Å². The summed E-state index contributed by atoms with van der Waals surface area (Å²) in [4.78, 5) is 17.1. The van der Waals surface area contributed by atoms with Crippen LogP contribution in [0, 0.1) is 6.92 Å². The third kappa shape index (κ3) is 3.45. The Hall–Kier alpha value is -2.18. The molecule has 0 radical (unpaired) electrons. The molecule has 6 nitrogen and oxygen atoms in total. The van der Waals surface area contributed by atoms with Crippen LogP contribution in [0.5, 0.6) is 0 Å². The van der Waals surface area contributed by atoms with Crippen LogP contribution in [0.1, 0.15) is 22.5 Å². The Morgan fingerprint density at radius 3 is 2.72 bits per heavy atom. The zero-order valence-electron chi connectivity index (χ0n) is 14.6. The summed E-state index contributed by atoms with van der Waals surface area (Å²) < 4.78 is 5.34. The second-order valence-corrected chi connectivity index (χ2v) is 6.92. The molecule has 0 bridgehead atoms. The number of carbonyl (C=O) groups is 1. The summed E-state index contributed by atoms with van der Waals surface area (Å²) in [5.74, 6) is 0.278. The first-order valence-corrected chi connectivity index (χ1v) is 8.98. The van der Waals surface area contributed by atoms with Crippen molar-refractivity contribution in [3.8, 4) is 11.3 Å². The predicted octanol–water partition coefficient (Wildman–Crippen LogP) is 1.77. The van der Waals surface area contributed by atoms with E-state index in [1.165, 1.54) is 5.56 Å². The van der Waals surface area contributed by atoms with Crippen LogP contribution in [0.3, 0.4) is 0 Å². The van der Waals surface area contributed by atoms with Gasteiger partial charge in [0.1, 0.15) is 5.69 Å². The molecule has 2 saturated heterocycles. The molecule has 25 heavy (non-hydrogen) atoms. The summed E-state index contributed by atoms with van der Waals surface area (Å²) in [7, 11) is 0. The van der Waals surface area contributed by atoms with E-state index in [0.29, 0.717) is 17.5 Å². The number of piperazine rings is 1. The summed E-state index contributed by atoms with van der Waals surface area (Å²) in [6, 6.07) is 10.3. The van der Waals surface area contributed by atoms with Gasteiger partial charge in [-0.15, -0.1) is 0 Å². The fourth-order valence-corrected chi connectivity index (χ4v) is 3.66. The second kappa shape index (κ2) is 6.98. The number of aryl methyl sites for hydroxylation is 1. The number of likely N-dealkylation sites (tertiary alicyclic amines) is 1. The Morgan fingerprint density at radius 1 is 1.20 bits per heavy atom. The zero-order chi connectivity index (χ0) is 17.2. The first-order chi connectivity index (χ1) is 12.2. The lowest BCUT2D eigenvalue weighted by Crippen LogP contribution is -2.49. The highest BCUT2D eigenvalue weighted by atomic mass is 16.5. The molecule has 1 aromatic carbocycles. The van der Waals surface area contributed by atoms with E-state index in [2.05, 4.69) is 15.4 Å². The van der Waals surface area contributed by atoms with E-state index in [-0.39, 0.29) is 5.91 Å². The molecule has 1 N–H and O–H groups in total. The SMILES string of the molecule is Cc1ccc(-c2cc(C(=O)N3CCC(N4CCNCC4)C3)on2)cc1. The van der Waals surface area contributed by atoms with Gasteiger partial charge in [0.25, 0.3) is 5.91 Å². The van der Waals surface area contributed by atoms with Crippen LogP contribution in [0.25, 0.3) is 11.3 Å². The van der Waals surface area contributed by atoms with Gasteiger partial charge >= 0.3 is 0 Å². The minimum Gasteiger partial charge on any atom is -0.350 e. The molecule has 132 valence electrons. The molecule has 0 saturated carbocycles. The van der Waals surface area contributed by atoms with E-state index in [9.17, 15) is 4.79 Å². The summed E-state index contributed by atoms with van der Waals surface area (Å²) in [5.41, 5.74) is 2.87. The van der Waals surface area contributed by atoms with Crippen molar-refractivity contribution in [2.24, 2.45) is 0 Å². The molecule has 4 rings (SSSR count). The van der Waals surface area contributed by atoms with E-state index >= 15 is 0 Å².